The predicted octanol–water partition coefficient (Wildman–Crippen LogP) is 5.71. The van der Waals surface area contributed by atoms with E-state index in [1.54, 1.807) is 0 Å². The Morgan fingerprint density at radius 3 is 2.65 bits per heavy atom. The van der Waals surface area contributed by atoms with Crippen molar-refractivity contribution in [1.82, 2.24) is 0 Å². The molecule has 0 aliphatic heterocycles. The molecule has 0 aliphatic rings. The van der Waals surface area contributed by atoms with Crippen molar-refractivity contribution >= 4 is 23.2 Å². The molecule has 96 valence electrons. The van der Waals surface area contributed by atoms with Gasteiger partial charge in [0.25, 0.3) is 0 Å². The molecule has 1 atom stereocenters. The summed E-state index contributed by atoms with van der Waals surface area (Å²) in [6.07, 6.45) is 7.55. The molecule has 0 radical (unpaired) electrons. The predicted molar refractivity (Wildman–Crippen MR) is 78.1 cm³/mol. The Morgan fingerprint density at radius 2 is 2.00 bits per heavy atom. The average molecular weight is 273 g/mol. The zero-order chi connectivity index (χ0) is 12.5. The van der Waals surface area contributed by atoms with Crippen LogP contribution in [0.4, 0.5) is 0 Å². The molecular weight excluding hydrogens is 251 g/mol. The molecule has 0 bridgehead atoms. The van der Waals surface area contributed by atoms with Crippen molar-refractivity contribution in [2.45, 2.75) is 45.4 Å². The fourth-order valence-corrected chi connectivity index (χ4v) is 2.57. The zero-order valence-corrected chi connectivity index (χ0v) is 12.1. The van der Waals surface area contributed by atoms with Gasteiger partial charge in [-0.05, 0) is 36.5 Å². The molecule has 0 N–H and O–H groups in total. The summed E-state index contributed by atoms with van der Waals surface area (Å²) in [6, 6.07) is 8.12. The summed E-state index contributed by atoms with van der Waals surface area (Å²) in [5.41, 5.74) is 1.30. The largest absolute Gasteiger partial charge is 0.126 e. The van der Waals surface area contributed by atoms with Crippen molar-refractivity contribution in [3.05, 3.63) is 34.9 Å². The number of benzene rings is 1. The minimum absolute atomic E-state index is 0.590. The molecule has 1 aromatic rings. The van der Waals surface area contributed by atoms with Gasteiger partial charge < -0.3 is 0 Å². The van der Waals surface area contributed by atoms with E-state index in [2.05, 4.69) is 13.0 Å². The smallest absolute Gasteiger partial charge is 0.0408 e. The van der Waals surface area contributed by atoms with Crippen molar-refractivity contribution in [2.75, 3.05) is 5.88 Å². The Hall–Kier alpha value is -0.200. The second-order valence-electron chi connectivity index (χ2n) is 4.70. The standard InChI is InChI=1S/C15H22Cl2/c1-2-3-4-5-7-14(12-16)10-13-8-6-9-15(17)11-13/h6,8-9,11,14H,2-5,7,10,12H2,1H3. The summed E-state index contributed by atoms with van der Waals surface area (Å²) < 4.78 is 0. The van der Waals surface area contributed by atoms with Crippen LogP contribution in [-0.4, -0.2) is 5.88 Å². The van der Waals surface area contributed by atoms with E-state index >= 15 is 0 Å². The molecule has 0 heterocycles. The Bertz CT molecular complexity index is 310. The van der Waals surface area contributed by atoms with Crippen molar-refractivity contribution in [2.24, 2.45) is 5.92 Å². The fraction of sp³-hybridized carbons (Fsp3) is 0.600. The lowest BCUT2D eigenvalue weighted by Gasteiger charge is -2.13. The minimum atomic E-state index is 0.590. The third kappa shape index (κ3) is 6.33. The molecule has 1 rings (SSSR count). The number of hydrogen-bond acceptors (Lipinski definition) is 0. The van der Waals surface area contributed by atoms with Gasteiger partial charge in [0.15, 0.2) is 0 Å². The maximum atomic E-state index is 6.04. The monoisotopic (exact) mass is 272 g/mol. The SMILES string of the molecule is CCCCCCC(CCl)Cc1cccc(Cl)c1. The molecule has 0 aliphatic carbocycles. The second kappa shape index (κ2) is 8.83. The summed E-state index contributed by atoms with van der Waals surface area (Å²) in [6.45, 7) is 2.24. The van der Waals surface area contributed by atoms with Gasteiger partial charge in [-0.3, -0.25) is 0 Å². The molecule has 0 saturated heterocycles. The number of halogens is 2. The van der Waals surface area contributed by atoms with E-state index in [0.29, 0.717) is 5.92 Å². The van der Waals surface area contributed by atoms with Crippen molar-refractivity contribution < 1.29 is 0 Å². The molecule has 0 spiro atoms. The third-order valence-corrected chi connectivity index (χ3v) is 3.77. The van der Waals surface area contributed by atoms with Crippen LogP contribution in [0.2, 0.25) is 5.02 Å². The molecule has 0 amide bonds. The van der Waals surface area contributed by atoms with Gasteiger partial charge in [-0.25, -0.2) is 0 Å². The first-order chi connectivity index (χ1) is 8.26. The van der Waals surface area contributed by atoms with Crippen LogP contribution < -0.4 is 0 Å². The summed E-state index contributed by atoms with van der Waals surface area (Å²) in [7, 11) is 0. The highest BCUT2D eigenvalue weighted by Gasteiger charge is 2.08. The van der Waals surface area contributed by atoms with Gasteiger partial charge in [0.1, 0.15) is 0 Å². The molecule has 1 unspecified atom stereocenters. The molecule has 0 fully saturated rings. The first-order valence-corrected chi connectivity index (χ1v) is 7.48. The van der Waals surface area contributed by atoms with Gasteiger partial charge in [-0.15, -0.1) is 11.6 Å². The van der Waals surface area contributed by atoms with E-state index in [1.807, 2.05) is 18.2 Å². The van der Waals surface area contributed by atoms with E-state index in [0.717, 1.165) is 17.3 Å². The number of alkyl halides is 1. The minimum Gasteiger partial charge on any atom is -0.126 e. The van der Waals surface area contributed by atoms with Gasteiger partial charge in [0, 0.05) is 10.9 Å². The average Bonchev–Trinajstić information content (AvgIpc) is 2.33. The Kier molecular flexibility index (Phi) is 7.72. The van der Waals surface area contributed by atoms with Crippen molar-refractivity contribution in [3.8, 4) is 0 Å². The number of hydrogen-bond donors (Lipinski definition) is 0. The number of unbranched alkanes of at least 4 members (excludes halogenated alkanes) is 3. The van der Waals surface area contributed by atoms with E-state index in [-0.39, 0.29) is 0 Å². The summed E-state index contributed by atoms with van der Waals surface area (Å²) >= 11 is 12.0. The van der Waals surface area contributed by atoms with Crippen LogP contribution in [0.5, 0.6) is 0 Å². The lowest BCUT2D eigenvalue weighted by atomic mass is 9.95. The van der Waals surface area contributed by atoms with Gasteiger partial charge in [-0.1, -0.05) is 56.3 Å². The van der Waals surface area contributed by atoms with E-state index in [1.165, 1.54) is 37.7 Å². The van der Waals surface area contributed by atoms with Crippen molar-refractivity contribution in [1.29, 1.82) is 0 Å². The lowest BCUT2D eigenvalue weighted by molar-refractivity contribution is 0.492. The quantitative estimate of drug-likeness (QED) is 0.420. The van der Waals surface area contributed by atoms with Crippen LogP contribution in [0, 0.1) is 5.92 Å². The van der Waals surface area contributed by atoms with Crippen molar-refractivity contribution in [3.63, 3.8) is 0 Å². The summed E-state index contributed by atoms with van der Waals surface area (Å²) in [4.78, 5) is 0. The van der Waals surface area contributed by atoms with Gasteiger partial charge in [-0.2, -0.15) is 0 Å². The third-order valence-electron chi connectivity index (χ3n) is 3.10. The first kappa shape index (κ1) is 14.9. The topological polar surface area (TPSA) is 0 Å². The molecule has 17 heavy (non-hydrogen) atoms. The van der Waals surface area contributed by atoms with E-state index < -0.39 is 0 Å². The molecule has 1 aromatic carbocycles. The highest BCUT2D eigenvalue weighted by molar-refractivity contribution is 6.30. The zero-order valence-electron chi connectivity index (χ0n) is 10.6. The second-order valence-corrected chi connectivity index (χ2v) is 5.45. The molecular formula is C15H22Cl2. The highest BCUT2D eigenvalue weighted by Crippen LogP contribution is 2.20. The number of rotatable bonds is 8. The first-order valence-electron chi connectivity index (χ1n) is 6.56. The van der Waals surface area contributed by atoms with Crippen LogP contribution in [0.15, 0.2) is 24.3 Å². The van der Waals surface area contributed by atoms with Crippen LogP contribution in [0.3, 0.4) is 0 Å². The van der Waals surface area contributed by atoms with Crippen LogP contribution in [0.25, 0.3) is 0 Å². The molecule has 0 aromatic heterocycles. The molecule has 0 saturated carbocycles. The van der Waals surface area contributed by atoms with Gasteiger partial charge in [0.2, 0.25) is 0 Å². The van der Waals surface area contributed by atoms with E-state index in [4.69, 9.17) is 23.2 Å². The van der Waals surface area contributed by atoms with E-state index in [9.17, 15) is 0 Å². The Morgan fingerprint density at radius 1 is 1.18 bits per heavy atom. The summed E-state index contributed by atoms with van der Waals surface area (Å²) in [5, 5.41) is 0.821. The van der Waals surface area contributed by atoms with Gasteiger partial charge >= 0.3 is 0 Å². The molecule has 2 heteroatoms. The normalized spacial score (nSPS) is 12.6. The van der Waals surface area contributed by atoms with Crippen LogP contribution in [0.1, 0.15) is 44.6 Å². The lowest BCUT2D eigenvalue weighted by Crippen LogP contribution is -2.06. The fourth-order valence-electron chi connectivity index (χ4n) is 2.09. The Labute approximate surface area is 115 Å². The maximum Gasteiger partial charge on any atom is 0.0408 e. The molecule has 0 nitrogen and oxygen atoms in total. The Balaban J connectivity index is 2.35. The van der Waals surface area contributed by atoms with Crippen LogP contribution in [-0.2, 0) is 6.42 Å². The highest BCUT2D eigenvalue weighted by atomic mass is 35.5. The van der Waals surface area contributed by atoms with Gasteiger partial charge in [0.05, 0.1) is 0 Å². The van der Waals surface area contributed by atoms with Crippen LogP contribution >= 0.6 is 23.2 Å². The summed E-state index contributed by atoms with van der Waals surface area (Å²) in [5.74, 6) is 1.34. The maximum absolute atomic E-state index is 6.04.